The summed E-state index contributed by atoms with van der Waals surface area (Å²) in [6.45, 7) is 11.1. The highest BCUT2D eigenvalue weighted by Gasteiger charge is 2.25. The topological polar surface area (TPSA) is 71.9 Å². The van der Waals surface area contributed by atoms with E-state index in [1.54, 1.807) is 13.0 Å². The first kappa shape index (κ1) is 28.6. The molecule has 208 valence electrons. The predicted octanol–water partition coefficient (Wildman–Crippen LogP) is 6.84. The van der Waals surface area contributed by atoms with E-state index in [1.807, 2.05) is 30.3 Å². The molecule has 6 nitrogen and oxygen atoms in total. The first-order valence-electron chi connectivity index (χ1n) is 13.7. The van der Waals surface area contributed by atoms with E-state index < -0.39 is 17.7 Å². The van der Waals surface area contributed by atoms with Gasteiger partial charge < -0.3 is 14.6 Å². The van der Waals surface area contributed by atoms with Crippen molar-refractivity contribution in [1.29, 1.82) is 0 Å². The minimum atomic E-state index is -0.806. The molecule has 39 heavy (non-hydrogen) atoms. The summed E-state index contributed by atoms with van der Waals surface area (Å²) in [5, 5.41) is 9.31. The lowest BCUT2D eigenvalue weighted by Gasteiger charge is -2.32. The number of pyridine rings is 1. The molecule has 2 aromatic carbocycles. The molecule has 0 spiro atoms. The lowest BCUT2D eigenvalue weighted by Crippen LogP contribution is -2.36. The summed E-state index contributed by atoms with van der Waals surface area (Å²) in [5.41, 5.74) is 5.41. The SMILES string of the molecule is COc1cc(-c2ccc([C@H]3CCc4ccc(C[C@H](C)C(=O)O)cc4O3)cc2CN(C(C)C)C(C)C)c(F)cn1. The van der Waals surface area contributed by atoms with E-state index in [4.69, 9.17) is 9.47 Å². The molecule has 0 saturated carbocycles. The van der Waals surface area contributed by atoms with Crippen LogP contribution in [0.25, 0.3) is 11.1 Å². The molecule has 1 N–H and O–H groups in total. The van der Waals surface area contributed by atoms with Gasteiger partial charge in [-0.25, -0.2) is 9.37 Å². The molecular weight excluding hydrogens is 495 g/mol. The van der Waals surface area contributed by atoms with Crippen LogP contribution in [0.15, 0.2) is 48.7 Å². The van der Waals surface area contributed by atoms with Gasteiger partial charge in [0.1, 0.15) is 17.7 Å². The summed E-state index contributed by atoms with van der Waals surface area (Å²) >= 11 is 0. The van der Waals surface area contributed by atoms with Crippen LogP contribution >= 0.6 is 0 Å². The number of carbonyl (C=O) groups is 1. The van der Waals surface area contributed by atoms with Crippen LogP contribution in [0.2, 0.25) is 0 Å². The Kier molecular flexibility index (Phi) is 8.90. The Hall–Kier alpha value is -3.45. The normalized spacial score (nSPS) is 15.8. The number of benzene rings is 2. The molecule has 0 amide bonds. The number of rotatable bonds is 10. The molecule has 7 heteroatoms. The van der Waals surface area contributed by atoms with Crippen LogP contribution in [-0.2, 0) is 24.2 Å². The van der Waals surface area contributed by atoms with E-state index in [9.17, 15) is 9.90 Å². The number of methoxy groups -OCH3 is 1. The van der Waals surface area contributed by atoms with E-state index in [0.717, 1.165) is 46.4 Å². The van der Waals surface area contributed by atoms with Gasteiger partial charge in [0.25, 0.3) is 0 Å². The van der Waals surface area contributed by atoms with E-state index in [-0.39, 0.29) is 6.10 Å². The van der Waals surface area contributed by atoms with Crippen molar-refractivity contribution in [3.8, 4) is 22.8 Å². The predicted molar refractivity (Wildman–Crippen MR) is 151 cm³/mol. The number of aromatic nitrogens is 1. The molecule has 1 aliphatic heterocycles. The summed E-state index contributed by atoms with van der Waals surface area (Å²) in [7, 11) is 1.53. The molecule has 0 fully saturated rings. The van der Waals surface area contributed by atoms with Crippen molar-refractivity contribution in [1.82, 2.24) is 9.88 Å². The van der Waals surface area contributed by atoms with E-state index in [1.165, 1.54) is 13.3 Å². The molecule has 2 heterocycles. The number of carboxylic acid groups (broad SMARTS) is 1. The average Bonchev–Trinajstić information content (AvgIpc) is 2.91. The van der Waals surface area contributed by atoms with Crippen LogP contribution in [0.5, 0.6) is 11.6 Å². The molecule has 2 atom stereocenters. The van der Waals surface area contributed by atoms with Gasteiger partial charge in [0, 0.05) is 30.3 Å². The number of aliphatic carboxylic acids is 1. The van der Waals surface area contributed by atoms with E-state index in [0.29, 0.717) is 36.5 Å². The lowest BCUT2D eigenvalue weighted by molar-refractivity contribution is -0.141. The Bertz CT molecular complexity index is 1320. The molecule has 1 aliphatic rings. The maximum Gasteiger partial charge on any atom is 0.306 e. The van der Waals surface area contributed by atoms with Gasteiger partial charge in [-0.15, -0.1) is 0 Å². The molecule has 0 radical (unpaired) electrons. The fraction of sp³-hybridized carbons (Fsp3) is 0.438. The third-order valence-electron chi connectivity index (χ3n) is 7.55. The standard InChI is InChI=1S/C32H39FN2O4/c1-19(2)35(20(3)4)18-25-15-24(9-11-26(25)27-16-31(38-6)34-17-28(27)33)29-12-10-23-8-7-22(14-30(23)39-29)13-21(5)32(36)37/h7-9,11,14-17,19-21,29H,10,12-13,18H2,1-6H3,(H,36,37)/t21-,29+/m0/s1. The Morgan fingerprint density at radius 2 is 1.85 bits per heavy atom. The highest BCUT2D eigenvalue weighted by molar-refractivity contribution is 5.70. The van der Waals surface area contributed by atoms with Crippen molar-refractivity contribution >= 4 is 5.97 Å². The number of hydrogen-bond donors (Lipinski definition) is 1. The van der Waals surface area contributed by atoms with Crippen molar-refractivity contribution in [2.24, 2.45) is 5.92 Å². The van der Waals surface area contributed by atoms with Crippen LogP contribution < -0.4 is 9.47 Å². The van der Waals surface area contributed by atoms with Crippen LogP contribution in [0.1, 0.15) is 69.4 Å². The minimum Gasteiger partial charge on any atom is -0.485 e. The molecule has 0 aliphatic carbocycles. The second-order valence-corrected chi connectivity index (χ2v) is 11.0. The fourth-order valence-corrected chi connectivity index (χ4v) is 5.32. The first-order valence-corrected chi connectivity index (χ1v) is 13.7. The fourth-order valence-electron chi connectivity index (χ4n) is 5.32. The minimum absolute atomic E-state index is 0.152. The molecule has 0 saturated heterocycles. The number of nitrogens with zero attached hydrogens (tertiary/aromatic N) is 2. The van der Waals surface area contributed by atoms with Gasteiger partial charge >= 0.3 is 5.97 Å². The van der Waals surface area contributed by atoms with E-state index >= 15 is 4.39 Å². The largest absolute Gasteiger partial charge is 0.485 e. The Balaban J connectivity index is 1.70. The highest BCUT2D eigenvalue weighted by atomic mass is 19.1. The quantitative estimate of drug-likeness (QED) is 0.307. The van der Waals surface area contributed by atoms with Crippen molar-refractivity contribution < 1.29 is 23.8 Å². The van der Waals surface area contributed by atoms with Gasteiger partial charge in [0.05, 0.1) is 19.2 Å². The zero-order valence-electron chi connectivity index (χ0n) is 23.7. The molecular formula is C32H39FN2O4. The zero-order chi connectivity index (χ0) is 28.3. The summed E-state index contributed by atoms with van der Waals surface area (Å²) in [4.78, 5) is 17.7. The number of halogens is 1. The first-order chi connectivity index (χ1) is 18.6. The summed E-state index contributed by atoms with van der Waals surface area (Å²) in [6.07, 6.45) is 3.20. The van der Waals surface area contributed by atoms with Gasteiger partial charge in [-0.1, -0.05) is 37.3 Å². The van der Waals surface area contributed by atoms with Crippen LogP contribution in [0, 0.1) is 11.7 Å². The summed E-state index contributed by atoms with van der Waals surface area (Å²) < 4.78 is 26.8. The Morgan fingerprint density at radius 3 is 2.51 bits per heavy atom. The number of hydrogen-bond acceptors (Lipinski definition) is 5. The summed E-state index contributed by atoms with van der Waals surface area (Å²) in [5.74, 6) is -0.487. The van der Waals surface area contributed by atoms with Gasteiger partial charge in [0.15, 0.2) is 0 Å². The third kappa shape index (κ3) is 6.59. The van der Waals surface area contributed by atoms with Gasteiger partial charge in [-0.2, -0.15) is 0 Å². The van der Waals surface area contributed by atoms with E-state index in [2.05, 4.69) is 43.6 Å². The molecule has 4 rings (SSSR count). The van der Waals surface area contributed by atoms with Crippen molar-refractivity contribution in [3.05, 3.63) is 76.7 Å². The van der Waals surface area contributed by atoms with Crippen molar-refractivity contribution in [2.45, 2.75) is 78.6 Å². The smallest absolute Gasteiger partial charge is 0.306 e. The second-order valence-electron chi connectivity index (χ2n) is 11.0. The Labute approximate surface area is 230 Å². The second kappa shape index (κ2) is 12.2. The number of aryl methyl sites for hydroxylation is 1. The molecule has 3 aromatic rings. The highest BCUT2D eigenvalue weighted by Crippen LogP contribution is 2.38. The molecule has 1 aromatic heterocycles. The third-order valence-corrected chi connectivity index (χ3v) is 7.55. The number of ether oxygens (including phenoxy) is 2. The zero-order valence-corrected chi connectivity index (χ0v) is 23.7. The maximum absolute atomic E-state index is 15.0. The molecule has 0 bridgehead atoms. The van der Waals surface area contributed by atoms with Gasteiger partial charge in [0.2, 0.25) is 5.88 Å². The number of fused-ring (bicyclic) bond motifs is 1. The van der Waals surface area contributed by atoms with Crippen LogP contribution in [0.3, 0.4) is 0 Å². The Morgan fingerprint density at radius 1 is 1.10 bits per heavy atom. The van der Waals surface area contributed by atoms with Gasteiger partial charge in [-0.05, 0) is 80.8 Å². The maximum atomic E-state index is 15.0. The lowest BCUT2D eigenvalue weighted by atomic mass is 9.91. The monoisotopic (exact) mass is 534 g/mol. The van der Waals surface area contributed by atoms with Crippen molar-refractivity contribution in [3.63, 3.8) is 0 Å². The van der Waals surface area contributed by atoms with Gasteiger partial charge in [-0.3, -0.25) is 9.69 Å². The number of carboxylic acids is 1. The molecule has 0 unspecified atom stereocenters. The van der Waals surface area contributed by atoms with Crippen LogP contribution in [0.4, 0.5) is 4.39 Å². The average molecular weight is 535 g/mol. The van der Waals surface area contributed by atoms with Crippen molar-refractivity contribution in [2.75, 3.05) is 7.11 Å². The summed E-state index contributed by atoms with van der Waals surface area (Å²) in [6, 6.07) is 14.4. The van der Waals surface area contributed by atoms with Crippen LogP contribution in [-0.4, -0.2) is 40.2 Å².